The Hall–Kier alpha value is -1.69. The molecule has 0 aromatic carbocycles. The van der Waals surface area contributed by atoms with Crippen LogP contribution in [0.4, 0.5) is 0 Å². The van der Waals surface area contributed by atoms with Crippen LogP contribution in [0.15, 0.2) is 17.4 Å². The first-order valence-corrected chi connectivity index (χ1v) is 10.2. The monoisotopic (exact) mass is 514 g/mol. The van der Waals surface area contributed by atoms with Gasteiger partial charge in [0.05, 0.1) is 19.3 Å². The molecule has 0 aliphatic carbocycles. The number of ether oxygens (including phenoxy) is 1. The average molecular weight is 514 g/mol. The van der Waals surface area contributed by atoms with Crippen LogP contribution in [0.2, 0.25) is 0 Å². The molecule has 29 heavy (non-hydrogen) atoms. The second kappa shape index (κ2) is 9.88. The van der Waals surface area contributed by atoms with Gasteiger partial charge in [0.2, 0.25) is 0 Å². The second-order valence-corrected chi connectivity index (χ2v) is 7.63. The molecule has 4 rings (SSSR count). The van der Waals surface area contributed by atoms with Gasteiger partial charge in [-0.3, -0.25) is 9.67 Å². The number of morpholine rings is 1. The van der Waals surface area contributed by atoms with Crippen LogP contribution in [0.3, 0.4) is 0 Å². The molecule has 2 aromatic heterocycles. The lowest BCUT2D eigenvalue weighted by molar-refractivity contribution is -0.00807. The predicted molar refractivity (Wildman–Crippen MR) is 121 cm³/mol. The number of nitrogens with one attached hydrogen (secondary N) is 1. The summed E-state index contributed by atoms with van der Waals surface area (Å²) < 4.78 is 10.0. The first-order valence-electron chi connectivity index (χ1n) is 10.2. The molecule has 0 spiro atoms. The van der Waals surface area contributed by atoms with Crippen molar-refractivity contribution in [3.05, 3.63) is 29.6 Å². The van der Waals surface area contributed by atoms with Crippen molar-refractivity contribution in [2.45, 2.75) is 39.3 Å². The Bertz CT molecular complexity index is 832. The molecule has 2 aliphatic heterocycles. The minimum Gasteiger partial charge on any atom is -0.370 e. The van der Waals surface area contributed by atoms with Crippen molar-refractivity contribution in [1.82, 2.24) is 34.8 Å². The van der Waals surface area contributed by atoms with E-state index in [2.05, 4.69) is 37.0 Å². The number of nitrogens with zero attached hydrogens (tertiary/aromatic N) is 7. The molecular formula is C19H31IN8O. The van der Waals surface area contributed by atoms with E-state index in [0.29, 0.717) is 12.5 Å². The van der Waals surface area contributed by atoms with E-state index in [4.69, 9.17) is 9.73 Å². The smallest absolute Gasteiger partial charge is 0.194 e. The third-order valence-corrected chi connectivity index (χ3v) is 5.53. The van der Waals surface area contributed by atoms with Gasteiger partial charge < -0.3 is 19.5 Å². The Morgan fingerprint density at radius 3 is 2.97 bits per heavy atom. The first kappa shape index (κ1) is 22.0. The van der Waals surface area contributed by atoms with Gasteiger partial charge in [0.25, 0.3) is 0 Å². The van der Waals surface area contributed by atoms with Crippen molar-refractivity contribution in [2.24, 2.45) is 18.0 Å². The highest BCUT2D eigenvalue weighted by molar-refractivity contribution is 14.0. The normalized spacial score (nSPS) is 22.2. The van der Waals surface area contributed by atoms with Crippen molar-refractivity contribution in [2.75, 3.05) is 32.8 Å². The highest BCUT2D eigenvalue weighted by Crippen LogP contribution is 2.23. The molecule has 2 unspecified atom stereocenters. The van der Waals surface area contributed by atoms with Gasteiger partial charge in [0, 0.05) is 51.4 Å². The molecule has 1 N–H and O–H groups in total. The van der Waals surface area contributed by atoms with E-state index in [1.165, 1.54) is 0 Å². The summed E-state index contributed by atoms with van der Waals surface area (Å²) in [5, 5.41) is 16.2. The van der Waals surface area contributed by atoms with Gasteiger partial charge in [-0.25, -0.2) is 0 Å². The Morgan fingerprint density at radius 1 is 1.34 bits per heavy atom. The maximum absolute atomic E-state index is 5.98. The molecule has 0 radical (unpaired) electrons. The van der Waals surface area contributed by atoms with E-state index in [1.807, 2.05) is 31.0 Å². The molecule has 0 amide bonds. The number of hydrogen-bond acceptors (Lipinski definition) is 5. The molecular weight excluding hydrogens is 483 g/mol. The van der Waals surface area contributed by atoms with E-state index in [0.717, 1.165) is 68.7 Å². The van der Waals surface area contributed by atoms with Crippen LogP contribution in [0, 0.1) is 12.8 Å². The summed E-state index contributed by atoms with van der Waals surface area (Å²) in [7, 11) is 1.93. The van der Waals surface area contributed by atoms with E-state index in [-0.39, 0.29) is 30.1 Å². The Labute approximate surface area is 188 Å². The van der Waals surface area contributed by atoms with Gasteiger partial charge >= 0.3 is 0 Å². The standard InChI is InChI=1S/C19H30N8O.HI/c1-4-20-19(21-9-15-5-6-18-24-23-14(2)27(18)11-15)26-7-8-28-17(13-26)16-10-22-25(3)12-16;/h10,12,15,17H,4-9,11,13H2,1-3H3,(H,20,21);1H. The predicted octanol–water partition coefficient (Wildman–Crippen LogP) is 1.54. The summed E-state index contributed by atoms with van der Waals surface area (Å²) in [6.07, 6.45) is 6.04. The van der Waals surface area contributed by atoms with Crippen molar-refractivity contribution >= 4 is 29.9 Å². The maximum atomic E-state index is 5.98. The Morgan fingerprint density at radius 2 is 2.21 bits per heavy atom. The average Bonchev–Trinajstić information content (AvgIpc) is 3.31. The topological polar surface area (TPSA) is 85.4 Å². The molecule has 4 heterocycles. The van der Waals surface area contributed by atoms with E-state index in [9.17, 15) is 0 Å². The van der Waals surface area contributed by atoms with E-state index >= 15 is 0 Å². The molecule has 160 valence electrons. The minimum absolute atomic E-state index is 0. The molecule has 0 bridgehead atoms. The van der Waals surface area contributed by atoms with Crippen LogP contribution in [0.25, 0.3) is 0 Å². The summed E-state index contributed by atoms with van der Waals surface area (Å²) in [6.45, 7) is 9.09. The third kappa shape index (κ3) is 5.08. The van der Waals surface area contributed by atoms with Crippen LogP contribution < -0.4 is 5.32 Å². The summed E-state index contributed by atoms with van der Waals surface area (Å²) in [4.78, 5) is 7.29. The van der Waals surface area contributed by atoms with Gasteiger partial charge in [-0.2, -0.15) is 5.10 Å². The number of halogens is 1. The highest BCUT2D eigenvalue weighted by Gasteiger charge is 2.26. The molecule has 0 saturated carbocycles. The Kier molecular flexibility index (Phi) is 7.49. The van der Waals surface area contributed by atoms with Crippen molar-refractivity contribution in [3.63, 3.8) is 0 Å². The molecule has 2 aliphatic rings. The minimum atomic E-state index is 0. The Balaban J connectivity index is 0.00000240. The van der Waals surface area contributed by atoms with E-state index < -0.39 is 0 Å². The fraction of sp³-hybridized carbons (Fsp3) is 0.684. The van der Waals surface area contributed by atoms with Crippen molar-refractivity contribution in [3.8, 4) is 0 Å². The first-order chi connectivity index (χ1) is 13.6. The zero-order chi connectivity index (χ0) is 19.5. The van der Waals surface area contributed by atoms with Gasteiger partial charge in [-0.1, -0.05) is 0 Å². The van der Waals surface area contributed by atoms with Crippen LogP contribution >= 0.6 is 24.0 Å². The van der Waals surface area contributed by atoms with Crippen molar-refractivity contribution < 1.29 is 4.74 Å². The van der Waals surface area contributed by atoms with Crippen LogP contribution in [-0.4, -0.2) is 68.2 Å². The number of fused-ring (bicyclic) bond motifs is 1. The highest BCUT2D eigenvalue weighted by atomic mass is 127. The largest absolute Gasteiger partial charge is 0.370 e. The lowest BCUT2D eigenvalue weighted by Gasteiger charge is -2.35. The maximum Gasteiger partial charge on any atom is 0.194 e. The molecule has 9 nitrogen and oxygen atoms in total. The SMILES string of the molecule is CCNC(=NCC1CCc2nnc(C)n2C1)N1CCOC(c2cnn(C)c2)C1.I. The van der Waals surface area contributed by atoms with E-state index in [1.54, 1.807) is 0 Å². The van der Waals surface area contributed by atoms with Gasteiger partial charge in [0.1, 0.15) is 17.8 Å². The zero-order valence-corrected chi connectivity index (χ0v) is 19.7. The molecule has 1 saturated heterocycles. The third-order valence-electron chi connectivity index (χ3n) is 5.53. The molecule has 1 fully saturated rings. The second-order valence-electron chi connectivity index (χ2n) is 7.63. The van der Waals surface area contributed by atoms with Gasteiger partial charge in [0.15, 0.2) is 5.96 Å². The van der Waals surface area contributed by atoms with Gasteiger partial charge in [-0.15, -0.1) is 34.2 Å². The number of aromatic nitrogens is 5. The fourth-order valence-electron chi connectivity index (χ4n) is 3.97. The zero-order valence-electron chi connectivity index (χ0n) is 17.4. The summed E-state index contributed by atoms with van der Waals surface area (Å²) in [5.74, 6) is 3.61. The summed E-state index contributed by atoms with van der Waals surface area (Å²) in [5.41, 5.74) is 1.12. The molecule has 10 heteroatoms. The number of rotatable bonds is 4. The fourth-order valence-corrected chi connectivity index (χ4v) is 3.97. The number of aryl methyl sites for hydroxylation is 3. The lowest BCUT2D eigenvalue weighted by atomic mass is 9.99. The van der Waals surface area contributed by atoms with Crippen LogP contribution in [0.5, 0.6) is 0 Å². The van der Waals surface area contributed by atoms with Gasteiger partial charge in [-0.05, 0) is 26.2 Å². The number of guanidine groups is 1. The van der Waals surface area contributed by atoms with Crippen molar-refractivity contribution in [1.29, 1.82) is 0 Å². The molecule has 2 atom stereocenters. The number of aliphatic imine (C=N–C) groups is 1. The summed E-state index contributed by atoms with van der Waals surface area (Å²) >= 11 is 0. The summed E-state index contributed by atoms with van der Waals surface area (Å²) in [6, 6.07) is 0. The quantitative estimate of drug-likeness (QED) is 0.379. The molecule has 2 aromatic rings. The number of hydrogen-bond donors (Lipinski definition) is 1. The van der Waals surface area contributed by atoms with Crippen LogP contribution in [0.1, 0.15) is 36.7 Å². The van der Waals surface area contributed by atoms with Crippen LogP contribution in [-0.2, 0) is 24.8 Å². The lowest BCUT2D eigenvalue weighted by Crippen LogP contribution is -2.48.